The predicted octanol–water partition coefficient (Wildman–Crippen LogP) is 7.12. The molecule has 0 unspecified atom stereocenters. The van der Waals surface area contributed by atoms with Crippen molar-refractivity contribution in [3.63, 3.8) is 0 Å². The van der Waals surface area contributed by atoms with Gasteiger partial charge >= 0.3 is 5.97 Å². The zero-order chi connectivity index (χ0) is 26.3. The number of thioether (sulfide) groups is 1. The van der Waals surface area contributed by atoms with Crippen molar-refractivity contribution < 1.29 is 18.5 Å². The number of carbonyl (C=O) groups is 1. The Morgan fingerprint density at radius 3 is 2.66 bits per heavy atom. The first-order valence-corrected chi connectivity index (χ1v) is 13.7. The number of fused-ring (bicyclic) bond motifs is 2. The van der Waals surface area contributed by atoms with Crippen LogP contribution in [0.1, 0.15) is 30.9 Å². The molecule has 0 N–H and O–H groups in total. The van der Waals surface area contributed by atoms with Gasteiger partial charge in [0.2, 0.25) is 5.52 Å². The number of anilines is 1. The minimum Gasteiger partial charge on any atom is -0.466 e. The van der Waals surface area contributed by atoms with Crippen LogP contribution in [0.25, 0.3) is 17.0 Å². The van der Waals surface area contributed by atoms with Crippen molar-refractivity contribution in [3.05, 3.63) is 119 Å². The topological polar surface area (TPSA) is 33.4 Å². The Bertz CT molecular complexity index is 1500. The van der Waals surface area contributed by atoms with Gasteiger partial charge in [-0.1, -0.05) is 48.2 Å². The van der Waals surface area contributed by atoms with Gasteiger partial charge in [0.25, 0.3) is 0 Å². The molecule has 1 aliphatic heterocycles. The predicted molar refractivity (Wildman–Crippen MR) is 152 cm³/mol. The van der Waals surface area contributed by atoms with E-state index in [1.807, 2.05) is 31.2 Å². The first kappa shape index (κ1) is 25.7. The molecule has 1 aliphatic rings. The van der Waals surface area contributed by atoms with E-state index in [1.165, 1.54) is 22.7 Å². The number of rotatable bonds is 9. The minimum absolute atomic E-state index is 0.148. The molecule has 0 bridgehead atoms. The van der Waals surface area contributed by atoms with Crippen LogP contribution in [-0.4, -0.2) is 19.1 Å². The van der Waals surface area contributed by atoms with Crippen LogP contribution in [0.2, 0.25) is 0 Å². The molecule has 5 rings (SSSR count). The lowest BCUT2D eigenvalue weighted by atomic mass is 10.1. The van der Waals surface area contributed by atoms with Gasteiger partial charge in [-0.2, -0.15) is 4.57 Å². The van der Waals surface area contributed by atoms with Crippen molar-refractivity contribution in [1.29, 1.82) is 0 Å². The molecule has 2 heterocycles. The van der Waals surface area contributed by atoms with Gasteiger partial charge in [-0.25, -0.2) is 4.39 Å². The van der Waals surface area contributed by atoms with E-state index < -0.39 is 0 Å². The van der Waals surface area contributed by atoms with Crippen LogP contribution in [0.15, 0.2) is 107 Å². The van der Waals surface area contributed by atoms with Crippen molar-refractivity contribution in [2.24, 2.45) is 0 Å². The summed E-state index contributed by atoms with van der Waals surface area (Å²) >= 11 is 1.75. The van der Waals surface area contributed by atoms with Gasteiger partial charge in [-0.05, 0) is 67.4 Å². The first-order valence-electron chi connectivity index (χ1n) is 12.9. The third-order valence-electron chi connectivity index (χ3n) is 6.44. The molecular formula is C32H30FN2O2S+. The van der Waals surface area contributed by atoms with Crippen LogP contribution in [-0.2, 0) is 16.1 Å². The molecule has 0 atom stereocenters. The maximum Gasteiger partial charge on any atom is 0.305 e. The highest BCUT2D eigenvalue weighted by molar-refractivity contribution is 8.03. The molecule has 3 aromatic carbocycles. The average Bonchev–Trinajstić information content (AvgIpc) is 3.28. The van der Waals surface area contributed by atoms with Gasteiger partial charge in [0.1, 0.15) is 5.82 Å². The summed E-state index contributed by atoms with van der Waals surface area (Å²) in [4.78, 5) is 15.3. The second-order valence-electron chi connectivity index (χ2n) is 9.04. The Hall–Kier alpha value is -3.90. The van der Waals surface area contributed by atoms with E-state index >= 15 is 0 Å². The number of nitrogens with zero attached hydrogens (tertiary/aromatic N) is 2. The fourth-order valence-electron chi connectivity index (χ4n) is 4.63. The van der Waals surface area contributed by atoms with E-state index in [0.29, 0.717) is 19.6 Å². The summed E-state index contributed by atoms with van der Waals surface area (Å²) in [6, 6.07) is 25.5. The van der Waals surface area contributed by atoms with E-state index in [2.05, 4.69) is 76.4 Å². The summed E-state index contributed by atoms with van der Waals surface area (Å²) < 4.78 is 20.6. The van der Waals surface area contributed by atoms with Crippen molar-refractivity contribution in [2.45, 2.75) is 31.2 Å². The molecule has 1 aromatic heterocycles. The SMILES string of the molecule is CCOC(=O)CCCN1/C(=C/C=C/c2cc[n+](Cc3ccc(F)cc3)c3ccccc23)Sc2ccccc21. The normalized spacial score (nSPS) is 13.9. The maximum absolute atomic E-state index is 13.3. The summed E-state index contributed by atoms with van der Waals surface area (Å²) in [6.07, 6.45) is 9.60. The van der Waals surface area contributed by atoms with Crippen LogP contribution >= 0.6 is 11.8 Å². The Labute approximate surface area is 227 Å². The summed E-state index contributed by atoms with van der Waals surface area (Å²) in [5.74, 6) is -0.370. The summed E-state index contributed by atoms with van der Waals surface area (Å²) in [5.41, 5.74) is 4.47. The van der Waals surface area contributed by atoms with Gasteiger partial charge in [-0.15, -0.1) is 0 Å². The Morgan fingerprint density at radius 1 is 1.03 bits per heavy atom. The van der Waals surface area contributed by atoms with Crippen molar-refractivity contribution in [1.82, 2.24) is 0 Å². The highest BCUT2D eigenvalue weighted by Crippen LogP contribution is 2.45. The summed E-state index contributed by atoms with van der Waals surface area (Å²) in [5, 5.41) is 2.29. The van der Waals surface area contributed by atoms with Crippen LogP contribution in [0, 0.1) is 5.82 Å². The number of carbonyl (C=O) groups excluding carboxylic acids is 1. The molecule has 0 saturated heterocycles. The molecule has 0 aliphatic carbocycles. The second-order valence-corrected chi connectivity index (χ2v) is 10.1. The zero-order valence-electron chi connectivity index (χ0n) is 21.3. The standard InChI is InChI=1S/C32H30FN2O2S/c1-2-37-32(36)15-8-21-35-29-12-5-6-13-30(29)38-31(35)14-7-9-25-20-22-34(28-11-4-3-10-27(25)28)23-24-16-18-26(33)19-17-24/h3-7,9-14,16-20,22H,2,8,15,21,23H2,1H3/q+1. The number of pyridine rings is 1. The third-order valence-corrected chi connectivity index (χ3v) is 7.57. The summed E-state index contributed by atoms with van der Waals surface area (Å²) in [7, 11) is 0. The average molecular weight is 526 g/mol. The lowest BCUT2D eigenvalue weighted by Crippen LogP contribution is -2.34. The van der Waals surface area contributed by atoms with Gasteiger partial charge in [-0.3, -0.25) is 4.79 Å². The van der Waals surface area contributed by atoms with Crippen LogP contribution in [0.5, 0.6) is 0 Å². The Balaban J connectivity index is 1.36. The fourth-order valence-corrected chi connectivity index (χ4v) is 5.74. The largest absolute Gasteiger partial charge is 0.466 e. The quantitative estimate of drug-likeness (QED) is 0.172. The smallest absolute Gasteiger partial charge is 0.305 e. The molecule has 0 saturated carbocycles. The molecule has 6 heteroatoms. The number of hydrogen-bond donors (Lipinski definition) is 0. The number of halogens is 1. The number of para-hydroxylation sites is 2. The van der Waals surface area contributed by atoms with Crippen LogP contribution < -0.4 is 9.47 Å². The molecule has 192 valence electrons. The molecule has 4 aromatic rings. The van der Waals surface area contributed by atoms with Crippen LogP contribution in [0.3, 0.4) is 0 Å². The van der Waals surface area contributed by atoms with E-state index in [4.69, 9.17) is 4.74 Å². The molecule has 0 spiro atoms. The molecule has 0 fully saturated rings. The van der Waals surface area contributed by atoms with Crippen molar-refractivity contribution in [3.8, 4) is 0 Å². The highest BCUT2D eigenvalue weighted by Gasteiger charge is 2.24. The van der Waals surface area contributed by atoms with E-state index in [0.717, 1.165) is 40.0 Å². The van der Waals surface area contributed by atoms with E-state index in [1.54, 1.807) is 11.8 Å². The van der Waals surface area contributed by atoms with Crippen molar-refractivity contribution in [2.75, 3.05) is 18.1 Å². The number of esters is 1. The zero-order valence-corrected chi connectivity index (χ0v) is 22.2. The minimum atomic E-state index is -0.223. The lowest BCUT2D eigenvalue weighted by molar-refractivity contribution is -0.662. The maximum atomic E-state index is 13.3. The molecule has 4 nitrogen and oxygen atoms in total. The van der Waals surface area contributed by atoms with Gasteiger partial charge < -0.3 is 9.64 Å². The van der Waals surface area contributed by atoms with Crippen molar-refractivity contribution >= 4 is 40.4 Å². The van der Waals surface area contributed by atoms with Gasteiger partial charge in [0.15, 0.2) is 12.7 Å². The lowest BCUT2D eigenvalue weighted by Gasteiger charge is -2.20. The summed E-state index contributed by atoms with van der Waals surface area (Å²) in [6.45, 7) is 3.67. The fraction of sp³-hybridized carbons (Fsp3) is 0.188. The second kappa shape index (κ2) is 12.1. The number of allylic oxidation sites excluding steroid dienone is 2. The number of ether oxygens (including phenoxy) is 1. The number of benzene rings is 3. The molecule has 0 amide bonds. The molecular weight excluding hydrogens is 495 g/mol. The molecule has 0 radical (unpaired) electrons. The van der Waals surface area contributed by atoms with Crippen LogP contribution in [0.4, 0.5) is 10.1 Å². The highest BCUT2D eigenvalue weighted by atomic mass is 32.2. The third kappa shape index (κ3) is 5.97. The molecule has 38 heavy (non-hydrogen) atoms. The first-order chi connectivity index (χ1) is 18.6. The number of hydrogen-bond acceptors (Lipinski definition) is 4. The Morgan fingerprint density at radius 2 is 1.82 bits per heavy atom. The monoisotopic (exact) mass is 525 g/mol. The van der Waals surface area contributed by atoms with E-state index in [9.17, 15) is 9.18 Å². The van der Waals surface area contributed by atoms with Gasteiger partial charge in [0, 0.05) is 35.6 Å². The van der Waals surface area contributed by atoms with E-state index in [-0.39, 0.29) is 11.8 Å². The Kier molecular flexibility index (Phi) is 8.19. The van der Waals surface area contributed by atoms with Gasteiger partial charge in [0.05, 0.1) is 22.7 Å². The number of aromatic nitrogens is 1.